The molecule has 11 heteroatoms. The number of para-hydroxylation sites is 5. The fourth-order valence-electron chi connectivity index (χ4n) is 13.6. The Balaban J connectivity index is 0.000000173. The summed E-state index contributed by atoms with van der Waals surface area (Å²) in [5, 5.41) is 7.56. The molecule has 0 amide bonds. The number of halogens is 5. The van der Waals surface area contributed by atoms with Crippen LogP contribution < -0.4 is 0 Å². The molecule has 4 heterocycles. The summed E-state index contributed by atoms with van der Waals surface area (Å²) >= 11 is 9.12. The number of benzene rings is 14. The normalized spacial score (nSPS) is 11.0. The van der Waals surface area contributed by atoms with E-state index in [-0.39, 0.29) is 63.8 Å². The Bertz CT molecular complexity index is 5670. The van der Waals surface area contributed by atoms with Gasteiger partial charge in [0.05, 0.1) is 44.5 Å². The van der Waals surface area contributed by atoms with Crippen LogP contribution >= 0.6 is 102 Å². The Hall–Kier alpha value is -9.23. The fraction of sp³-hybridized carbons (Fsp3) is 0.0222. The minimum absolute atomic E-state index is 0. The predicted octanol–water partition coefficient (Wildman–Crippen LogP) is 26.7. The largest absolute Gasteiger partial charge is 0.309 e. The quantitative estimate of drug-likeness (QED) is 0.118. The zero-order chi connectivity index (χ0) is 65.2. The van der Waals surface area contributed by atoms with Crippen LogP contribution in [-0.4, -0.2) is 32.1 Å². The standard InChI is InChI=1S/C52H34N4.C18H12BrN.C13H10.C6H4BrI.CH4.B.2HI/c1-3-14-35(15-4-1)46-34-47(36-16-5-2-6-17-36)54-52(53-46)39-19-13-18-37(32-39)38-26-31-51-45(33-38)44-22-9-12-25-50(44)56(51)41-29-27-40(28-30-41)55-48-23-10-7-20-42(48)43-21-8-11-24-49(43)55;19-13-9-11-14(12-10-13)20-17-7-3-1-5-15(17)16-6-2-4-8-18(16)20;1-3-7-12-10(5-1)9-11-6-2-4-8-13(11)12;7-5-1-3-6(8)4-2-5;;;;/h1-34H;1-12H;1-8H,9H2;1-4H;1H4;;2*1H. The molecule has 1 aliphatic rings. The molecule has 0 spiro atoms. The Kier molecular flexibility index (Phi) is 22.8. The lowest BCUT2D eigenvalue weighted by atomic mass is 10.00. The van der Waals surface area contributed by atoms with E-state index < -0.39 is 0 Å². The van der Waals surface area contributed by atoms with Crippen LogP contribution in [0, 0.1) is 3.57 Å². The highest BCUT2D eigenvalue weighted by molar-refractivity contribution is 14.1. The Morgan fingerprint density at radius 3 is 1.01 bits per heavy atom. The highest BCUT2D eigenvalue weighted by Gasteiger charge is 2.19. The minimum atomic E-state index is 0. The van der Waals surface area contributed by atoms with Crippen LogP contribution in [-0.2, 0) is 6.42 Å². The second-order valence-electron chi connectivity index (χ2n) is 24.0. The maximum absolute atomic E-state index is 5.10. The van der Waals surface area contributed by atoms with Gasteiger partial charge in [-0.2, -0.15) is 0 Å². The summed E-state index contributed by atoms with van der Waals surface area (Å²) in [5.74, 6) is 0.703. The molecule has 14 aromatic carbocycles. The fourth-order valence-corrected chi connectivity index (χ4v) is 14.5. The highest BCUT2D eigenvalue weighted by atomic mass is 127. The third kappa shape index (κ3) is 14.7. The van der Waals surface area contributed by atoms with Crippen LogP contribution in [0.2, 0.25) is 0 Å². The van der Waals surface area contributed by atoms with E-state index in [2.05, 4.69) is 396 Å². The number of hydrogen-bond acceptors (Lipinski definition) is 2. The molecule has 0 unspecified atom stereocenters. The molecule has 3 radical (unpaired) electrons. The van der Waals surface area contributed by atoms with Gasteiger partial charge in [-0.25, -0.2) is 9.97 Å². The van der Waals surface area contributed by atoms with E-state index in [0.29, 0.717) is 5.82 Å². The number of nitrogens with zero attached hydrogens (tertiary/aromatic N) is 5. The van der Waals surface area contributed by atoms with E-state index in [9.17, 15) is 0 Å². The van der Waals surface area contributed by atoms with Crippen molar-refractivity contribution in [2.24, 2.45) is 0 Å². The van der Waals surface area contributed by atoms with Gasteiger partial charge in [0.2, 0.25) is 0 Å². The van der Waals surface area contributed by atoms with Crippen LogP contribution in [0.4, 0.5) is 0 Å². The van der Waals surface area contributed by atoms with E-state index in [0.717, 1.165) is 65.9 Å². The van der Waals surface area contributed by atoms with Crippen LogP contribution in [0.3, 0.4) is 0 Å². The molecule has 0 fully saturated rings. The SMILES string of the molecule is Brc1ccc(-n2c3ccccc3c3ccccc32)cc1.Brc1ccc(I)cc1.C.I.I.[B].c1ccc(-c2cc(-c3ccccc3)nc(-c3cccc(-c4ccc5c(c4)c4ccccc4n5-c4ccc(-n5c6ccccc6c6ccccc65)cc4)c3)n2)cc1.c1ccc2c(c1)Cc1ccccc1-2. The number of aromatic nitrogens is 5. The van der Waals surface area contributed by atoms with Crippen molar-refractivity contribution in [2.45, 2.75) is 13.8 Å². The number of fused-ring (bicyclic) bond motifs is 12. The maximum atomic E-state index is 5.10. The molecule has 1 aliphatic carbocycles. The van der Waals surface area contributed by atoms with E-state index >= 15 is 0 Å². The van der Waals surface area contributed by atoms with Crippen molar-refractivity contribution >= 4 is 176 Å². The van der Waals surface area contributed by atoms with Gasteiger partial charge < -0.3 is 13.7 Å². The van der Waals surface area contributed by atoms with Crippen molar-refractivity contribution in [1.29, 1.82) is 0 Å². The van der Waals surface area contributed by atoms with Crippen molar-refractivity contribution in [3.8, 4) is 73.2 Å². The predicted molar refractivity (Wildman–Crippen MR) is 466 cm³/mol. The average Bonchev–Trinajstić information content (AvgIpc) is 1.61. The van der Waals surface area contributed by atoms with Gasteiger partial charge in [0.1, 0.15) is 0 Å². The van der Waals surface area contributed by atoms with Gasteiger partial charge >= 0.3 is 0 Å². The van der Waals surface area contributed by atoms with Gasteiger partial charge in [0.25, 0.3) is 0 Å². The average molecular weight is 1770 g/mol. The topological polar surface area (TPSA) is 40.6 Å². The number of rotatable bonds is 7. The second-order valence-corrected chi connectivity index (χ2v) is 27.1. The Morgan fingerprint density at radius 1 is 0.277 bits per heavy atom. The van der Waals surface area contributed by atoms with E-state index in [4.69, 9.17) is 9.97 Å². The van der Waals surface area contributed by atoms with Crippen molar-refractivity contribution in [3.05, 3.63) is 375 Å². The van der Waals surface area contributed by atoms with Crippen LogP contribution in [0.1, 0.15) is 18.6 Å². The molecule has 0 saturated heterocycles. The molecule has 18 aromatic rings. The van der Waals surface area contributed by atoms with E-state index in [1.807, 2.05) is 24.3 Å². The van der Waals surface area contributed by atoms with Crippen LogP contribution in [0.25, 0.3) is 139 Å². The first-order valence-corrected chi connectivity index (χ1v) is 35.1. The van der Waals surface area contributed by atoms with E-state index in [1.54, 1.807) is 0 Å². The minimum Gasteiger partial charge on any atom is -0.309 e. The van der Waals surface area contributed by atoms with Crippen LogP contribution in [0.15, 0.2) is 361 Å². The van der Waals surface area contributed by atoms with Gasteiger partial charge in [-0.3, -0.25) is 0 Å². The molecule has 4 aromatic heterocycles. The highest BCUT2D eigenvalue weighted by Crippen LogP contribution is 2.40. The summed E-state index contributed by atoms with van der Waals surface area (Å²) < 4.78 is 10.6. The molecular weight excluding hydrogens is 1700 g/mol. The lowest BCUT2D eigenvalue weighted by Gasteiger charge is -2.12. The monoisotopic (exact) mass is 1770 g/mol. The van der Waals surface area contributed by atoms with Crippen molar-refractivity contribution in [2.75, 3.05) is 0 Å². The first-order chi connectivity index (χ1) is 47.8. The summed E-state index contributed by atoms with van der Waals surface area (Å²) in [7, 11) is 0. The maximum Gasteiger partial charge on any atom is 0.160 e. The van der Waals surface area contributed by atoms with Gasteiger partial charge in [0, 0.05) is 87.0 Å². The Morgan fingerprint density at radius 2 is 0.594 bits per heavy atom. The smallest absolute Gasteiger partial charge is 0.160 e. The summed E-state index contributed by atoms with van der Waals surface area (Å²) in [6.45, 7) is 0. The van der Waals surface area contributed by atoms with Gasteiger partial charge in [-0.1, -0.05) is 264 Å². The molecule has 0 atom stereocenters. The van der Waals surface area contributed by atoms with Gasteiger partial charge in [-0.05, 0) is 190 Å². The second kappa shape index (κ2) is 32.2. The van der Waals surface area contributed by atoms with Crippen molar-refractivity contribution in [3.63, 3.8) is 0 Å². The summed E-state index contributed by atoms with van der Waals surface area (Å²) in [6, 6.07) is 124. The van der Waals surface area contributed by atoms with Gasteiger partial charge in [-0.15, -0.1) is 48.0 Å². The molecule has 0 N–H and O–H groups in total. The lowest BCUT2D eigenvalue weighted by Crippen LogP contribution is -1.97. The van der Waals surface area contributed by atoms with Crippen molar-refractivity contribution in [1.82, 2.24) is 23.7 Å². The van der Waals surface area contributed by atoms with Crippen LogP contribution in [0.5, 0.6) is 0 Å². The molecule has 0 bridgehead atoms. The molecule has 489 valence electrons. The summed E-state index contributed by atoms with van der Waals surface area (Å²) in [4.78, 5) is 10.2. The summed E-state index contributed by atoms with van der Waals surface area (Å²) in [5.41, 5.74) is 23.6. The molecule has 0 aliphatic heterocycles. The zero-order valence-electron chi connectivity index (χ0n) is 54.0. The molecule has 5 nitrogen and oxygen atoms in total. The first kappa shape index (κ1) is 71.6. The van der Waals surface area contributed by atoms with Crippen molar-refractivity contribution < 1.29 is 0 Å². The molecule has 19 rings (SSSR count). The Labute approximate surface area is 655 Å². The number of hydrogen-bond donors (Lipinski definition) is 0. The third-order valence-corrected chi connectivity index (χ3v) is 19.9. The lowest BCUT2D eigenvalue weighted by molar-refractivity contribution is 1.14. The summed E-state index contributed by atoms with van der Waals surface area (Å²) in [6.07, 6.45) is 1.10. The van der Waals surface area contributed by atoms with E-state index in [1.165, 1.54) is 96.9 Å². The third-order valence-electron chi connectivity index (χ3n) is 18.1. The molecule has 0 saturated carbocycles. The molecular formula is C90H66BBr2I3N5. The molecule has 101 heavy (non-hydrogen) atoms. The van der Waals surface area contributed by atoms with Gasteiger partial charge in [0.15, 0.2) is 5.82 Å². The first-order valence-electron chi connectivity index (χ1n) is 32.4. The zero-order valence-corrected chi connectivity index (χ0v) is 63.9.